The number of carbonyl (C=O) groups excluding carboxylic acids is 1. The Hall–Kier alpha value is -1.59. The number of ether oxygens (including phenoxy) is 2. The minimum atomic E-state index is -0.00259. The van der Waals surface area contributed by atoms with Gasteiger partial charge in [-0.3, -0.25) is 4.79 Å². The molecule has 1 heterocycles. The Labute approximate surface area is 113 Å². The third kappa shape index (κ3) is 3.24. The van der Waals surface area contributed by atoms with Crippen molar-refractivity contribution in [1.82, 2.24) is 4.90 Å². The van der Waals surface area contributed by atoms with Crippen molar-refractivity contribution < 1.29 is 14.3 Å². The van der Waals surface area contributed by atoms with Crippen LogP contribution in [0, 0.1) is 0 Å². The fraction of sp³-hybridized carbons (Fsp3) is 0.500. The first-order valence-corrected chi connectivity index (χ1v) is 6.50. The quantitative estimate of drug-likeness (QED) is 0.820. The maximum absolute atomic E-state index is 12.4. The summed E-state index contributed by atoms with van der Waals surface area (Å²) in [6.07, 6.45) is 0.866. The molecule has 0 saturated carbocycles. The number of nitrogens with two attached hydrogens (primary N) is 1. The number of rotatable bonds is 6. The predicted octanol–water partition coefficient (Wildman–Crippen LogP) is 0.669. The van der Waals surface area contributed by atoms with Crippen molar-refractivity contribution in [2.75, 3.05) is 40.0 Å². The molecule has 19 heavy (non-hydrogen) atoms. The van der Waals surface area contributed by atoms with Crippen LogP contribution in [0.5, 0.6) is 5.75 Å². The minimum Gasteiger partial charge on any atom is -0.493 e. The maximum atomic E-state index is 12.4. The molecular weight excluding hydrogens is 244 g/mol. The van der Waals surface area contributed by atoms with Crippen LogP contribution < -0.4 is 10.5 Å². The van der Waals surface area contributed by atoms with E-state index in [1.165, 1.54) is 0 Å². The zero-order valence-corrected chi connectivity index (χ0v) is 11.2. The van der Waals surface area contributed by atoms with Gasteiger partial charge in [-0.15, -0.1) is 0 Å². The van der Waals surface area contributed by atoms with Crippen molar-refractivity contribution in [1.29, 1.82) is 0 Å². The van der Waals surface area contributed by atoms with Gasteiger partial charge in [0.25, 0.3) is 5.91 Å². The topological polar surface area (TPSA) is 64.8 Å². The van der Waals surface area contributed by atoms with Crippen LogP contribution in [0.3, 0.4) is 0 Å². The van der Waals surface area contributed by atoms with Crippen molar-refractivity contribution in [2.24, 2.45) is 5.73 Å². The monoisotopic (exact) mass is 264 g/mol. The maximum Gasteiger partial charge on any atom is 0.253 e. The average molecular weight is 264 g/mol. The molecule has 0 bridgehead atoms. The molecule has 0 unspecified atom stereocenters. The Morgan fingerprint density at radius 1 is 1.47 bits per heavy atom. The number of hydrogen-bond donors (Lipinski definition) is 1. The summed E-state index contributed by atoms with van der Waals surface area (Å²) in [5.74, 6) is 0.885. The molecule has 1 aliphatic heterocycles. The molecule has 0 aliphatic carbocycles. The molecule has 2 rings (SSSR count). The van der Waals surface area contributed by atoms with Gasteiger partial charge in [-0.1, -0.05) is 0 Å². The molecule has 0 fully saturated rings. The van der Waals surface area contributed by atoms with E-state index in [2.05, 4.69) is 0 Å². The van der Waals surface area contributed by atoms with Crippen molar-refractivity contribution in [3.05, 3.63) is 29.3 Å². The van der Waals surface area contributed by atoms with Crippen molar-refractivity contribution in [3.63, 3.8) is 0 Å². The van der Waals surface area contributed by atoms with Gasteiger partial charge in [0.1, 0.15) is 5.75 Å². The van der Waals surface area contributed by atoms with E-state index < -0.39 is 0 Å². The lowest BCUT2D eigenvalue weighted by atomic mass is 10.1. The Morgan fingerprint density at radius 3 is 3.05 bits per heavy atom. The summed E-state index contributed by atoms with van der Waals surface area (Å²) in [6, 6.07) is 5.59. The molecule has 5 nitrogen and oxygen atoms in total. The number of hydrogen-bond acceptors (Lipinski definition) is 4. The SMILES string of the molecule is COCCN(CCN)C(=O)c1ccc2c(c1)CCO2. The van der Waals surface area contributed by atoms with Crippen molar-refractivity contribution in [2.45, 2.75) is 6.42 Å². The molecular formula is C14H20N2O3. The van der Waals surface area contributed by atoms with Crippen molar-refractivity contribution >= 4 is 5.91 Å². The summed E-state index contributed by atoms with van der Waals surface area (Å²) in [4.78, 5) is 14.1. The van der Waals surface area contributed by atoms with Crippen LogP contribution >= 0.6 is 0 Å². The normalized spacial score (nSPS) is 12.9. The molecule has 1 aromatic rings. The van der Waals surface area contributed by atoms with E-state index in [0.717, 1.165) is 17.7 Å². The van der Waals surface area contributed by atoms with Gasteiger partial charge in [-0.2, -0.15) is 0 Å². The zero-order chi connectivity index (χ0) is 13.7. The van der Waals surface area contributed by atoms with Gasteiger partial charge in [0.15, 0.2) is 0 Å². The molecule has 0 aromatic heterocycles. The second kappa shape index (κ2) is 6.54. The lowest BCUT2D eigenvalue weighted by Crippen LogP contribution is -2.37. The van der Waals surface area contributed by atoms with Gasteiger partial charge in [0.05, 0.1) is 13.2 Å². The van der Waals surface area contributed by atoms with Crippen molar-refractivity contribution in [3.8, 4) is 5.75 Å². The van der Waals surface area contributed by atoms with Gasteiger partial charge < -0.3 is 20.1 Å². The highest BCUT2D eigenvalue weighted by Gasteiger charge is 2.18. The lowest BCUT2D eigenvalue weighted by Gasteiger charge is -2.21. The van der Waals surface area contributed by atoms with Crippen LogP contribution in [0.4, 0.5) is 0 Å². The molecule has 1 aliphatic rings. The molecule has 5 heteroatoms. The molecule has 0 saturated heterocycles. The van der Waals surface area contributed by atoms with E-state index in [1.807, 2.05) is 18.2 Å². The minimum absolute atomic E-state index is 0.00259. The van der Waals surface area contributed by atoms with Crippen LogP contribution in [0.1, 0.15) is 15.9 Å². The number of nitrogens with zero attached hydrogens (tertiary/aromatic N) is 1. The largest absolute Gasteiger partial charge is 0.493 e. The Morgan fingerprint density at radius 2 is 2.32 bits per heavy atom. The third-order valence-corrected chi connectivity index (χ3v) is 3.19. The van der Waals surface area contributed by atoms with Gasteiger partial charge in [-0.05, 0) is 23.8 Å². The summed E-state index contributed by atoms with van der Waals surface area (Å²) in [5, 5.41) is 0. The number of fused-ring (bicyclic) bond motifs is 1. The Bertz CT molecular complexity index is 448. The van der Waals surface area contributed by atoms with E-state index >= 15 is 0 Å². The van der Waals surface area contributed by atoms with Crippen LogP contribution in [-0.2, 0) is 11.2 Å². The average Bonchev–Trinajstić information content (AvgIpc) is 2.90. The number of amides is 1. The Kier molecular flexibility index (Phi) is 4.76. The van der Waals surface area contributed by atoms with E-state index in [4.69, 9.17) is 15.2 Å². The first kappa shape index (κ1) is 13.8. The predicted molar refractivity (Wildman–Crippen MR) is 72.5 cm³/mol. The molecule has 0 spiro atoms. The van der Waals surface area contributed by atoms with E-state index in [0.29, 0.717) is 38.4 Å². The van der Waals surface area contributed by atoms with Crippen LogP contribution in [0.25, 0.3) is 0 Å². The highest BCUT2D eigenvalue weighted by atomic mass is 16.5. The summed E-state index contributed by atoms with van der Waals surface area (Å²) in [6.45, 7) is 2.75. The second-order valence-electron chi connectivity index (χ2n) is 4.49. The van der Waals surface area contributed by atoms with E-state index in [1.54, 1.807) is 12.0 Å². The molecule has 1 aromatic carbocycles. The molecule has 0 radical (unpaired) electrons. The highest BCUT2D eigenvalue weighted by Crippen LogP contribution is 2.26. The van der Waals surface area contributed by atoms with Gasteiger partial charge in [0.2, 0.25) is 0 Å². The van der Waals surface area contributed by atoms with Gasteiger partial charge in [0, 0.05) is 38.7 Å². The molecule has 0 atom stereocenters. The van der Waals surface area contributed by atoms with Crippen LogP contribution in [0.15, 0.2) is 18.2 Å². The zero-order valence-electron chi connectivity index (χ0n) is 11.2. The molecule has 104 valence electrons. The first-order chi connectivity index (χ1) is 9.26. The number of benzene rings is 1. The number of carbonyl (C=O) groups is 1. The smallest absolute Gasteiger partial charge is 0.253 e. The van der Waals surface area contributed by atoms with E-state index in [9.17, 15) is 4.79 Å². The van der Waals surface area contributed by atoms with Gasteiger partial charge >= 0.3 is 0 Å². The molecule has 1 amide bonds. The third-order valence-electron chi connectivity index (χ3n) is 3.19. The fourth-order valence-electron chi connectivity index (χ4n) is 2.17. The molecule has 2 N–H and O–H groups in total. The standard InChI is InChI=1S/C14H20N2O3/c1-18-9-7-16(6-5-15)14(17)12-2-3-13-11(10-12)4-8-19-13/h2-3,10H,4-9,15H2,1H3. The number of methoxy groups -OCH3 is 1. The van der Waals surface area contributed by atoms with Gasteiger partial charge in [-0.25, -0.2) is 0 Å². The first-order valence-electron chi connectivity index (χ1n) is 6.50. The second-order valence-corrected chi connectivity index (χ2v) is 4.49. The lowest BCUT2D eigenvalue weighted by molar-refractivity contribution is 0.0701. The summed E-state index contributed by atoms with van der Waals surface area (Å²) in [5.41, 5.74) is 7.34. The summed E-state index contributed by atoms with van der Waals surface area (Å²) >= 11 is 0. The van der Waals surface area contributed by atoms with E-state index in [-0.39, 0.29) is 5.91 Å². The fourth-order valence-corrected chi connectivity index (χ4v) is 2.17. The summed E-state index contributed by atoms with van der Waals surface area (Å²) in [7, 11) is 1.62. The van der Waals surface area contributed by atoms with Crippen LogP contribution in [-0.4, -0.2) is 50.8 Å². The summed E-state index contributed by atoms with van der Waals surface area (Å²) < 4.78 is 10.5. The Balaban J connectivity index is 2.11. The highest BCUT2D eigenvalue weighted by molar-refractivity contribution is 5.94. The van der Waals surface area contributed by atoms with Crippen LogP contribution in [0.2, 0.25) is 0 Å².